The van der Waals surface area contributed by atoms with Crippen LogP contribution < -0.4 is 0 Å². The van der Waals surface area contributed by atoms with E-state index in [9.17, 15) is 4.79 Å². The van der Waals surface area contributed by atoms with Gasteiger partial charge in [0.15, 0.2) is 0 Å². The van der Waals surface area contributed by atoms with E-state index in [-0.39, 0.29) is 5.92 Å². The van der Waals surface area contributed by atoms with Crippen LogP contribution in [0.1, 0.15) is 40.5 Å². The smallest absolute Gasteiger partial charge is 0.225 e. The van der Waals surface area contributed by atoms with Crippen LogP contribution in [0.4, 0.5) is 0 Å². The van der Waals surface area contributed by atoms with Crippen molar-refractivity contribution < 1.29 is 4.79 Å². The minimum Gasteiger partial charge on any atom is -0.341 e. The molecule has 1 aliphatic heterocycles. The fourth-order valence-corrected chi connectivity index (χ4v) is 3.07. The zero-order valence-corrected chi connectivity index (χ0v) is 10.4. The zero-order valence-electron chi connectivity index (χ0n) is 10.4. The molecule has 2 fully saturated rings. The van der Waals surface area contributed by atoms with Gasteiger partial charge in [-0.15, -0.1) is 0 Å². The maximum Gasteiger partial charge on any atom is 0.225 e. The van der Waals surface area contributed by atoms with E-state index in [1.807, 2.05) is 18.7 Å². The Morgan fingerprint density at radius 3 is 2.13 bits per heavy atom. The van der Waals surface area contributed by atoms with E-state index in [1.165, 1.54) is 12.8 Å². The average molecular weight is 209 g/mol. The molecule has 86 valence electrons. The van der Waals surface area contributed by atoms with Crippen molar-refractivity contribution in [1.29, 1.82) is 0 Å². The molecule has 0 atom stereocenters. The first kappa shape index (κ1) is 11.0. The highest BCUT2D eigenvalue weighted by molar-refractivity contribution is 5.79. The summed E-state index contributed by atoms with van der Waals surface area (Å²) in [6.45, 7) is 10.7. The molecule has 2 rings (SSSR count). The summed E-state index contributed by atoms with van der Waals surface area (Å²) in [5.74, 6) is 2.25. The molecular weight excluding hydrogens is 186 g/mol. The van der Waals surface area contributed by atoms with Crippen LogP contribution in [-0.4, -0.2) is 23.9 Å². The maximum absolute atomic E-state index is 11.7. The Kier molecular flexibility index (Phi) is 2.56. The van der Waals surface area contributed by atoms with E-state index in [4.69, 9.17) is 0 Å². The lowest BCUT2D eigenvalue weighted by molar-refractivity contribution is -0.160. The number of rotatable bonds is 2. The highest BCUT2D eigenvalue weighted by Gasteiger charge is 2.53. The molecule has 2 heteroatoms. The van der Waals surface area contributed by atoms with E-state index in [0.717, 1.165) is 24.9 Å². The molecule has 1 amide bonds. The van der Waals surface area contributed by atoms with E-state index < -0.39 is 0 Å². The molecule has 0 unspecified atom stereocenters. The van der Waals surface area contributed by atoms with Crippen LogP contribution in [0.25, 0.3) is 0 Å². The van der Waals surface area contributed by atoms with Crippen LogP contribution in [0.15, 0.2) is 0 Å². The van der Waals surface area contributed by atoms with Crippen LogP contribution in [0.5, 0.6) is 0 Å². The zero-order chi connectivity index (χ0) is 11.2. The van der Waals surface area contributed by atoms with Crippen molar-refractivity contribution in [1.82, 2.24) is 4.90 Å². The van der Waals surface area contributed by atoms with Crippen molar-refractivity contribution in [3.8, 4) is 0 Å². The van der Waals surface area contributed by atoms with Crippen molar-refractivity contribution in [2.75, 3.05) is 13.1 Å². The van der Waals surface area contributed by atoms with Crippen molar-refractivity contribution >= 4 is 5.91 Å². The Morgan fingerprint density at radius 1 is 1.20 bits per heavy atom. The topological polar surface area (TPSA) is 20.3 Å². The number of likely N-dealkylation sites (tertiary alicyclic amines) is 1. The molecule has 1 spiro atoms. The van der Waals surface area contributed by atoms with Gasteiger partial charge in [0.05, 0.1) is 0 Å². The molecular formula is C13H23NO. The number of nitrogens with zero attached hydrogens (tertiary/aromatic N) is 1. The van der Waals surface area contributed by atoms with Crippen LogP contribution in [0.2, 0.25) is 0 Å². The van der Waals surface area contributed by atoms with Gasteiger partial charge < -0.3 is 4.90 Å². The lowest BCUT2D eigenvalue weighted by Gasteiger charge is -2.60. The molecule has 0 aromatic heterocycles. The molecule has 1 saturated carbocycles. The second-order valence-corrected chi connectivity index (χ2v) is 6.26. The molecule has 2 aliphatic rings. The molecule has 2 nitrogen and oxygen atoms in total. The first-order chi connectivity index (χ1) is 6.93. The van der Waals surface area contributed by atoms with Gasteiger partial charge in [-0.25, -0.2) is 0 Å². The molecule has 0 radical (unpaired) electrons. The van der Waals surface area contributed by atoms with Crippen LogP contribution >= 0.6 is 0 Å². The largest absolute Gasteiger partial charge is 0.341 e. The van der Waals surface area contributed by atoms with E-state index in [0.29, 0.717) is 11.3 Å². The first-order valence-electron chi connectivity index (χ1n) is 6.22. The number of carbonyl (C=O) groups is 1. The van der Waals surface area contributed by atoms with Crippen LogP contribution in [0.3, 0.4) is 0 Å². The van der Waals surface area contributed by atoms with Gasteiger partial charge in [0, 0.05) is 24.4 Å². The second-order valence-electron chi connectivity index (χ2n) is 6.26. The Hall–Kier alpha value is -0.530. The lowest BCUT2D eigenvalue weighted by atomic mass is 9.55. The predicted molar refractivity (Wildman–Crippen MR) is 61.4 cm³/mol. The summed E-state index contributed by atoms with van der Waals surface area (Å²) in [6, 6.07) is 0. The monoisotopic (exact) mass is 209 g/mol. The SMILES string of the molecule is CC(C)C(=O)N1CC2(CC(C(C)C)C2)C1. The Labute approximate surface area is 93.0 Å². The fraction of sp³-hybridized carbons (Fsp3) is 0.923. The third-order valence-corrected chi connectivity index (χ3v) is 4.19. The molecule has 1 saturated heterocycles. The summed E-state index contributed by atoms with van der Waals surface area (Å²) >= 11 is 0. The number of hydrogen-bond acceptors (Lipinski definition) is 1. The first-order valence-corrected chi connectivity index (χ1v) is 6.22. The number of carbonyl (C=O) groups excluding carboxylic acids is 1. The summed E-state index contributed by atoms with van der Waals surface area (Å²) < 4.78 is 0. The Morgan fingerprint density at radius 2 is 1.73 bits per heavy atom. The Bertz CT molecular complexity index is 256. The summed E-state index contributed by atoms with van der Waals surface area (Å²) in [5.41, 5.74) is 0.541. The summed E-state index contributed by atoms with van der Waals surface area (Å²) in [4.78, 5) is 13.7. The molecule has 0 N–H and O–H groups in total. The van der Waals surface area contributed by atoms with Gasteiger partial charge in [-0.2, -0.15) is 0 Å². The number of amides is 1. The maximum atomic E-state index is 11.7. The molecule has 0 bridgehead atoms. The minimum absolute atomic E-state index is 0.170. The highest BCUT2D eigenvalue weighted by Crippen LogP contribution is 2.54. The molecule has 15 heavy (non-hydrogen) atoms. The van der Waals surface area contributed by atoms with E-state index in [2.05, 4.69) is 13.8 Å². The van der Waals surface area contributed by atoms with E-state index in [1.54, 1.807) is 0 Å². The van der Waals surface area contributed by atoms with Gasteiger partial charge >= 0.3 is 0 Å². The fourth-order valence-electron chi connectivity index (χ4n) is 3.07. The van der Waals surface area contributed by atoms with Crippen molar-refractivity contribution in [3.63, 3.8) is 0 Å². The van der Waals surface area contributed by atoms with Gasteiger partial charge in [-0.05, 0) is 24.7 Å². The summed E-state index contributed by atoms with van der Waals surface area (Å²) in [6.07, 6.45) is 2.71. The molecule has 1 aliphatic carbocycles. The van der Waals surface area contributed by atoms with Gasteiger partial charge in [0.25, 0.3) is 0 Å². The average Bonchev–Trinajstić information content (AvgIpc) is 1.97. The van der Waals surface area contributed by atoms with Gasteiger partial charge in [-0.1, -0.05) is 27.7 Å². The van der Waals surface area contributed by atoms with Gasteiger partial charge in [-0.3, -0.25) is 4.79 Å². The third-order valence-electron chi connectivity index (χ3n) is 4.19. The minimum atomic E-state index is 0.170. The van der Waals surface area contributed by atoms with Crippen molar-refractivity contribution in [2.45, 2.75) is 40.5 Å². The summed E-state index contributed by atoms with van der Waals surface area (Å²) in [7, 11) is 0. The quantitative estimate of drug-likeness (QED) is 0.684. The normalized spacial score (nSPS) is 24.5. The molecule has 0 aromatic rings. The standard InChI is InChI=1S/C13H23NO/c1-9(2)11-5-13(6-11)7-14(8-13)12(15)10(3)4/h9-11H,5-8H2,1-4H3. The summed E-state index contributed by atoms with van der Waals surface area (Å²) in [5, 5.41) is 0. The van der Waals surface area contributed by atoms with Gasteiger partial charge in [0.1, 0.15) is 0 Å². The predicted octanol–water partition coefficient (Wildman–Crippen LogP) is 2.54. The Balaban J connectivity index is 1.78. The highest BCUT2D eigenvalue weighted by atomic mass is 16.2. The van der Waals surface area contributed by atoms with E-state index >= 15 is 0 Å². The van der Waals surface area contributed by atoms with Crippen LogP contribution in [0, 0.1) is 23.2 Å². The van der Waals surface area contributed by atoms with Crippen LogP contribution in [-0.2, 0) is 4.79 Å². The second kappa shape index (κ2) is 3.50. The van der Waals surface area contributed by atoms with Crippen molar-refractivity contribution in [3.05, 3.63) is 0 Å². The molecule has 1 heterocycles. The third kappa shape index (κ3) is 1.79. The molecule has 0 aromatic carbocycles. The van der Waals surface area contributed by atoms with Crippen molar-refractivity contribution in [2.24, 2.45) is 23.2 Å². The lowest BCUT2D eigenvalue weighted by Crippen LogP contribution is -2.64. The van der Waals surface area contributed by atoms with Gasteiger partial charge in [0.2, 0.25) is 5.91 Å². The number of hydrogen-bond donors (Lipinski definition) is 0.